The van der Waals surface area contributed by atoms with Crippen molar-refractivity contribution in [1.82, 2.24) is 0 Å². The average molecular weight is 286 g/mol. The van der Waals surface area contributed by atoms with Crippen LogP contribution in [0.1, 0.15) is 65.2 Å². The minimum absolute atomic E-state index is 0.0427. The number of aliphatic hydroxyl groups is 1. The molecule has 5 atom stereocenters. The average Bonchev–Trinajstić information content (AvgIpc) is 2.68. The predicted molar refractivity (Wildman–Crippen MR) is 86.9 cm³/mol. The minimum atomic E-state index is 0.0427. The first-order chi connectivity index (χ1) is 9.94. The molecule has 0 radical (unpaired) electrons. The van der Waals surface area contributed by atoms with Crippen LogP contribution in [-0.4, -0.2) is 11.7 Å². The van der Waals surface area contributed by atoms with E-state index in [1.165, 1.54) is 51.4 Å². The molecule has 4 aliphatic carbocycles. The largest absolute Gasteiger partial charge is 0.395 e. The summed E-state index contributed by atoms with van der Waals surface area (Å²) in [4.78, 5) is 0. The maximum atomic E-state index is 10.0. The third-order valence-corrected chi connectivity index (χ3v) is 7.87. The monoisotopic (exact) mass is 286 g/mol. The molecule has 0 amide bonds. The number of hydrogen-bond donors (Lipinski definition) is 1. The van der Waals surface area contributed by atoms with Gasteiger partial charge < -0.3 is 5.11 Å². The zero-order valence-electron chi connectivity index (χ0n) is 13.8. The van der Waals surface area contributed by atoms with Gasteiger partial charge in [-0.25, -0.2) is 0 Å². The van der Waals surface area contributed by atoms with Crippen LogP contribution in [0.3, 0.4) is 0 Å². The number of rotatable bonds is 1. The Labute approximate surface area is 129 Å². The van der Waals surface area contributed by atoms with Gasteiger partial charge in [0.05, 0.1) is 6.61 Å². The van der Waals surface area contributed by atoms with E-state index in [1.807, 2.05) is 0 Å². The smallest absolute Gasteiger partial charge is 0.0522 e. The van der Waals surface area contributed by atoms with Gasteiger partial charge in [0.25, 0.3) is 0 Å². The quantitative estimate of drug-likeness (QED) is 0.682. The van der Waals surface area contributed by atoms with E-state index in [-0.39, 0.29) is 5.41 Å². The molecule has 116 valence electrons. The van der Waals surface area contributed by atoms with Gasteiger partial charge in [0.2, 0.25) is 0 Å². The summed E-state index contributed by atoms with van der Waals surface area (Å²) in [6.45, 7) is 9.54. The number of hydrogen-bond acceptors (Lipinski definition) is 1. The summed E-state index contributed by atoms with van der Waals surface area (Å²) in [6, 6.07) is 0. The molecule has 1 spiro atoms. The van der Waals surface area contributed by atoms with E-state index in [2.05, 4.69) is 26.5 Å². The molecule has 3 saturated carbocycles. The lowest BCUT2D eigenvalue weighted by Gasteiger charge is -2.60. The molecule has 1 N–H and O–H groups in total. The second-order valence-electron chi connectivity index (χ2n) is 9.04. The minimum Gasteiger partial charge on any atom is -0.395 e. The molecule has 0 aromatic rings. The fourth-order valence-electron chi connectivity index (χ4n) is 6.96. The van der Waals surface area contributed by atoms with Crippen molar-refractivity contribution in [2.75, 3.05) is 6.61 Å². The standard InChI is InChI=1S/C20H30O/c1-14-11-20-10-7-16-18(2,13-21)8-4-9-19(16,3)17(20)6-5-15(14)12-20/h7,15,17,21H,1,4-6,8-13H2,2-3H3/t15?,17-,18-,19+,20?/m0/s1. The Balaban J connectivity index is 1.81. The van der Waals surface area contributed by atoms with E-state index in [9.17, 15) is 5.11 Å². The number of allylic oxidation sites excluding steroid dienone is 2. The van der Waals surface area contributed by atoms with Gasteiger partial charge in [-0.1, -0.05) is 44.1 Å². The number of fused-ring (bicyclic) bond motifs is 3. The van der Waals surface area contributed by atoms with Crippen LogP contribution in [-0.2, 0) is 0 Å². The Morgan fingerprint density at radius 3 is 2.86 bits per heavy atom. The summed E-state index contributed by atoms with van der Waals surface area (Å²) in [7, 11) is 0. The summed E-state index contributed by atoms with van der Waals surface area (Å²) in [5.41, 5.74) is 4.05. The van der Waals surface area contributed by atoms with Crippen molar-refractivity contribution in [2.24, 2.45) is 28.1 Å². The molecular formula is C20H30O. The molecule has 2 unspecified atom stereocenters. The molecule has 4 aliphatic rings. The third-order valence-electron chi connectivity index (χ3n) is 7.87. The van der Waals surface area contributed by atoms with Crippen molar-refractivity contribution in [3.05, 3.63) is 23.8 Å². The Hall–Kier alpha value is -0.560. The van der Waals surface area contributed by atoms with Crippen LogP contribution < -0.4 is 0 Å². The highest BCUT2D eigenvalue weighted by atomic mass is 16.3. The highest BCUT2D eigenvalue weighted by Gasteiger charge is 2.60. The molecule has 21 heavy (non-hydrogen) atoms. The van der Waals surface area contributed by atoms with E-state index in [4.69, 9.17) is 0 Å². The van der Waals surface area contributed by atoms with Gasteiger partial charge in [-0.2, -0.15) is 0 Å². The summed E-state index contributed by atoms with van der Waals surface area (Å²) in [6.07, 6.45) is 13.0. The van der Waals surface area contributed by atoms with Crippen LogP contribution in [0.15, 0.2) is 23.8 Å². The van der Waals surface area contributed by atoms with Gasteiger partial charge >= 0.3 is 0 Å². The molecule has 1 heteroatoms. The van der Waals surface area contributed by atoms with Crippen LogP contribution in [0.4, 0.5) is 0 Å². The molecule has 0 heterocycles. The Morgan fingerprint density at radius 2 is 2.10 bits per heavy atom. The first-order valence-corrected chi connectivity index (χ1v) is 8.93. The predicted octanol–water partition coefficient (Wildman–Crippen LogP) is 4.87. The molecule has 0 aliphatic heterocycles. The lowest BCUT2D eigenvalue weighted by atomic mass is 9.45. The molecule has 2 bridgehead atoms. The third kappa shape index (κ3) is 1.67. The van der Waals surface area contributed by atoms with Crippen molar-refractivity contribution in [1.29, 1.82) is 0 Å². The van der Waals surface area contributed by atoms with Crippen LogP contribution >= 0.6 is 0 Å². The second-order valence-corrected chi connectivity index (χ2v) is 9.04. The highest BCUT2D eigenvalue weighted by Crippen LogP contribution is 2.70. The van der Waals surface area contributed by atoms with E-state index in [0.717, 1.165) is 11.8 Å². The van der Waals surface area contributed by atoms with E-state index < -0.39 is 0 Å². The maximum Gasteiger partial charge on any atom is 0.0522 e. The first kappa shape index (κ1) is 14.1. The Morgan fingerprint density at radius 1 is 1.29 bits per heavy atom. The highest BCUT2D eigenvalue weighted by molar-refractivity contribution is 5.34. The van der Waals surface area contributed by atoms with Crippen LogP contribution in [0.2, 0.25) is 0 Å². The van der Waals surface area contributed by atoms with Crippen LogP contribution in [0.5, 0.6) is 0 Å². The fourth-order valence-corrected chi connectivity index (χ4v) is 6.96. The van der Waals surface area contributed by atoms with Gasteiger partial charge in [-0.05, 0) is 67.6 Å². The van der Waals surface area contributed by atoms with Crippen molar-refractivity contribution in [3.8, 4) is 0 Å². The van der Waals surface area contributed by atoms with Gasteiger partial charge in [0.1, 0.15) is 0 Å². The topological polar surface area (TPSA) is 20.2 Å². The van der Waals surface area contributed by atoms with Crippen LogP contribution in [0, 0.1) is 28.1 Å². The van der Waals surface area contributed by atoms with Gasteiger partial charge in [-0.3, -0.25) is 0 Å². The second kappa shape index (κ2) is 4.25. The van der Waals surface area contributed by atoms with Gasteiger partial charge in [0.15, 0.2) is 0 Å². The van der Waals surface area contributed by atoms with E-state index in [1.54, 1.807) is 11.1 Å². The summed E-state index contributed by atoms with van der Waals surface area (Å²) < 4.78 is 0. The number of aliphatic hydroxyl groups excluding tert-OH is 1. The van der Waals surface area contributed by atoms with Crippen molar-refractivity contribution >= 4 is 0 Å². The van der Waals surface area contributed by atoms with Crippen molar-refractivity contribution in [3.63, 3.8) is 0 Å². The SMILES string of the molecule is C=C1CC23CC=C4[C@](C)(CO)CCC[C@@]4(C)[C@@H]2CCC1C3. The summed E-state index contributed by atoms with van der Waals surface area (Å²) in [5, 5.41) is 10.0. The normalized spacial score (nSPS) is 52.1. The zero-order valence-corrected chi connectivity index (χ0v) is 13.8. The van der Waals surface area contributed by atoms with Gasteiger partial charge in [0, 0.05) is 5.41 Å². The zero-order chi connectivity index (χ0) is 14.9. The van der Waals surface area contributed by atoms with E-state index in [0.29, 0.717) is 17.4 Å². The van der Waals surface area contributed by atoms with E-state index >= 15 is 0 Å². The molecule has 3 fully saturated rings. The molecule has 0 aromatic heterocycles. The Bertz CT molecular complexity index is 518. The molecule has 0 aromatic carbocycles. The van der Waals surface area contributed by atoms with Crippen molar-refractivity contribution < 1.29 is 5.11 Å². The Kier molecular flexibility index (Phi) is 2.85. The molecule has 4 rings (SSSR count). The molecule has 1 nitrogen and oxygen atoms in total. The summed E-state index contributed by atoms with van der Waals surface area (Å²) >= 11 is 0. The fraction of sp³-hybridized carbons (Fsp3) is 0.800. The van der Waals surface area contributed by atoms with Crippen LogP contribution in [0.25, 0.3) is 0 Å². The lowest BCUT2D eigenvalue weighted by molar-refractivity contribution is -0.0296. The van der Waals surface area contributed by atoms with Gasteiger partial charge in [-0.15, -0.1) is 0 Å². The molecule has 0 saturated heterocycles. The molecular weight excluding hydrogens is 256 g/mol. The van der Waals surface area contributed by atoms with Crippen molar-refractivity contribution in [2.45, 2.75) is 65.2 Å². The lowest BCUT2D eigenvalue weighted by Crippen LogP contribution is -2.51. The maximum absolute atomic E-state index is 10.0. The first-order valence-electron chi connectivity index (χ1n) is 8.93. The summed E-state index contributed by atoms with van der Waals surface area (Å²) in [5.74, 6) is 1.64.